The van der Waals surface area contributed by atoms with Gasteiger partial charge in [-0.3, -0.25) is 4.79 Å². The highest BCUT2D eigenvalue weighted by atomic mass is 16.1. The Balaban J connectivity index is 2.35. The van der Waals surface area contributed by atoms with Crippen molar-refractivity contribution in [3.8, 4) is 0 Å². The molecule has 0 aliphatic carbocycles. The third-order valence-corrected chi connectivity index (χ3v) is 4.23. The maximum Gasteiger partial charge on any atom is 0.237 e. The predicted octanol–water partition coefficient (Wildman–Crippen LogP) is 1.35. The van der Waals surface area contributed by atoms with E-state index in [2.05, 4.69) is 24.1 Å². The molecule has 106 valence electrons. The molecule has 1 atom stereocenters. The highest BCUT2D eigenvalue weighted by molar-refractivity contribution is 5.84. The quantitative estimate of drug-likeness (QED) is 0.753. The number of hydrogen-bond donors (Lipinski definition) is 2. The van der Waals surface area contributed by atoms with Gasteiger partial charge in [0.15, 0.2) is 0 Å². The summed E-state index contributed by atoms with van der Waals surface area (Å²) >= 11 is 0. The van der Waals surface area contributed by atoms with Crippen LogP contribution in [0.25, 0.3) is 0 Å². The zero-order chi connectivity index (χ0) is 13.8. The Morgan fingerprint density at radius 1 is 1.50 bits per heavy atom. The summed E-state index contributed by atoms with van der Waals surface area (Å²) in [6.45, 7) is 9.97. The minimum absolute atomic E-state index is 0.260. The Bertz CT molecular complexity index is 291. The summed E-state index contributed by atoms with van der Waals surface area (Å²) in [5.74, 6) is -0.260. The van der Waals surface area contributed by atoms with Crippen molar-refractivity contribution in [1.82, 2.24) is 10.2 Å². The van der Waals surface area contributed by atoms with Crippen LogP contribution in [0.2, 0.25) is 0 Å². The van der Waals surface area contributed by atoms with Crippen LogP contribution >= 0.6 is 0 Å². The zero-order valence-corrected chi connectivity index (χ0v) is 12.4. The lowest BCUT2D eigenvalue weighted by Gasteiger charge is -2.38. The van der Waals surface area contributed by atoms with Crippen LogP contribution in [0.4, 0.5) is 0 Å². The van der Waals surface area contributed by atoms with E-state index in [9.17, 15) is 4.79 Å². The SMILES string of the molecule is CNC(C)(CCCN1CCCC(C)(C)C1)C(N)=O. The van der Waals surface area contributed by atoms with Crippen molar-refractivity contribution < 1.29 is 4.79 Å². The fourth-order valence-electron chi connectivity index (χ4n) is 2.76. The number of likely N-dealkylation sites (tertiary alicyclic amines) is 1. The molecule has 1 heterocycles. The molecule has 0 aromatic heterocycles. The van der Waals surface area contributed by atoms with Crippen LogP contribution in [-0.4, -0.2) is 43.0 Å². The van der Waals surface area contributed by atoms with Crippen molar-refractivity contribution in [2.24, 2.45) is 11.1 Å². The molecule has 4 nitrogen and oxygen atoms in total. The predicted molar refractivity (Wildman–Crippen MR) is 75.3 cm³/mol. The van der Waals surface area contributed by atoms with Gasteiger partial charge in [0.1, 0.15) is 0 Å². The molecule has 1 saturated heterocycles. The van der Waals surface area contributed by atoms with Crippen LogP contribution in [0.1, 0.15) is 46.5 Å². The second-order valence-electron chi connectivity index (χ2n) is 6.59. The molecular formula is C14H29N3O. The van der Waals surface area contributed by atoms with E-state index >= 15 is 0 Å². The second kappa shape index (κ2) is 6.02. The minimum Gasteiger partial charge on any atom is -0.368 e. The van der Waals surface area contributed by atoms with Gasteiger partial charge in [-0.1, -0.05) is 13.8 Å². The number of likely N-dealkylation sites (N-methyl/N-ethyl adjacent to an activating group) is 1. The number of piperidine rings is 1. The Labute approximate surface area is 111 Å². The Hall–Kier alpha value is -0.610. The van der Waals surface area contributed by atoms with Gasteiger partial charge in [0, 0.05) is 6.54 Å². The molecule has 0 saturated carbocycles. The van der Waals surface area contributed by atoms with Crippen LogP contribution in [-0.2, 0) is 4.79 Å². The summed E-state index contributed by atoms with van der Waals surface area (Å²) in [5, 5.41) is 3.04. The zero-order valence-electron chi connectivity index (χ0n) is 12.4. The molecular weight excluding hydrogens is 226 g/mol. The van der Waals surface area contributed by atoms with Crippen LogP contribution in [0, 0.1) is 5.41 Å². The van der Waals surface area contributed by atoms with Crippen LogP contribution in [0.3, 0.4) is 0 Å². The lowest BCUT2D eigenvalue weighted by molar-refractivity contribution is -0.123. The fourth-order valence-corrected chi connectivity index (χ4v) is 2.76. The monoisotopic (exact) mass is 255 g/mol. The first-order valence-electron chi connectivity index (χ1n) is 7.00. The van der Waals surface area contributed by atoms with Crippen molar-refractivity contribution in [3.63, 3.8) is 0 Å². The largest absolute Gasteiger partial charge is 0.368 e. The molecule has 4 heteroatoms. The smallest absolute Gasteiger partial charge is 0.237 e. The van der Waals surface area contributed by atoms with E-state index in [1.54, 1.807) is 7.05 Å². The van der Waals surface area contributed by atoms with Gasteiger partial charge in [-0.15, -0.1) is 0 Å². The van der Waals surface area contributed by atoms with Gasteiger partial charge in [-0.05, 0) is 58.2 Å². The summed E-state index contributed by atoms with van der Waals surface area (Å²) in [7, 11) is 1.80. The molecule has 0 radical (unpaired) electrons. The number of nitrogens with two attached hydrogens (primary N) is 1. The first-order valence-corrected chi connectivity index (χ1v) is 7.00. The van der Waals surface area contributed by atoms with Crippen LogP contribution < -0.4 is 11.1 Å². The van der Waals surface area contributed by atoms with E-state index in [4.69, 9.17) is 5.73 Å². The van der Waals surface area contributed by atoms with Crippen LogP contribution in [0.15, 0.2) is 0 Å². The Morgan fingerprint density at radius 3 is 2.67 bits per heavy atom. The number of hydrogen-bond acceptors (Lipinski definition) is 3. The van der Waals surface area contributed by atoms with Crippen molar-refractivity contribution in [3.05, 3.63) is 0 Å². The molecule has 1 fully saturated rings. The lowest BCUT2D eigenvalue weighted by Crippen LogP contribution is -2.52. The molecule has 1 aliphatic heterocycles. The summed E-state index contributed by atoms with van der Waals surface area (Å²) in [4.78, 5) is 13.9. The maximum atomic E-state index is 11.4. The molecule has 1 aliphatic rings. The van der Waals surface area contributed by atoms with E-state index in [1.807, 2.05) is 6.92 Å². The summed E-state index contributed by atoms with van der Waals surface area (Å²) in [5.41, 5.74) is 5.30. The number of amides is 1. The minimum atomic E-state index is -0.564. The summed E-state index contributed by atoms with van der Waals surface area (Å²) < 4.78 is 0. The van der Waals surface area contributed by atoms with E-state index in [-0.39, 0.29) is 5.91 Å². The number of nitrogens with zero attached hydrogens (tertiary/aromatic N) is 1. The molecule has 1 unspecified atom stereocenters. The summed E-state index contributed by atoms with van der Waals surface area (Å²) in [6.07, 6.45) is 4.41. The highest BCUT2D eigenvalue weighted by Gasteiger charge is 2.30. The molecule has 0 aromatic carbocycles. The van der Waals surface area contributed by atoms with Gasteiger partial charge in [0.05, 0.1) is 5.54 Å². The third kappa shape index (κ3) is 4.25. The normalized spacial score (nSPS) is 23.6. The molecule has 1 rings (SSSR count). The van der Waals surface area contributed by atoms with Gasteiger partial charge in [0.2, 0.25) is 5.91 Å². The van der Waals surface area contributed by atoms with E-state index in [0.29, 0.717) is 5.41 Å². The van der Waals surface area contributed by atoms with E-state index < -0.39 is 5.54 Å². The Kier molecular flexibility index (Phi) is 5.17. The molecule has 18 heavy (non-hydrogen) atoms. The average molecular weight is 255 g/mol. The second-order valence-corrected chi connectivity index (χ2v) is 6.59. The van der Waals surface area contributed by atoms with Crippen molar-refractivity contribution in [2.75, 3.05) is 26.7 Å². The van der Waals surface area contributed by atoms with Gasteiger partial charge >= 0.3 is 0 Å². The maximum absolute atomic E-state index is 11.4. The molecule has 1 amide bonds. The first kappa shape index (κ1) is 15.4. The molecule has 3 N–H and O–H groups in total. The summed E-state index contributed by atoms with van der Waals surface area (Å²) in [6, 6.07) is 0. The van der Waals surface area contributed by atoms with Crippen molar-refractivity contribution >= 4 is 5.91 Å². The average Bonchev–Trinajstić information content (AvgIpc) is 2.27. The first-order chi connectivity index (χ1) is 8.29. The van der Waals surface area contributed by atoms with Gasteiger partial charge < -0.3 is 16.0 Å². The topological polar surface area (TPSA) is 58.4 Å². The van der Waals surface area contributed by atoms with Crippen molar-refractivity contribution in [2.45, 2.75) is 52.0 Å². The number of carbonyl (C=O) groups is 1. The molecule has 0 aromatic rings. The third-order valence-electron chi connectivity index (χ3n) is 4.23. The lowest BCUT2D eigenvalue weighted by atomic mass is 9.84. The Morgan fingerprint density at radius 2 is 2.17 bits per heavy atom. The molecule has 0 bridgehead atoms. The number of primary amides is 1. The number of rotatable bonds is 6. The molecule has 0 spiro atoms. The highest BCUT2D eigenvalue weighted by Crippen LogP contribution is 2.28. The fraction of sp³-hybridized carbons (Fsp3) is 0.929. The number of nitrogens with one attached hydrogen (secondary N) is 1. The standard InChI is InChI=1S/C14H29N3O/c1-13(2)7-5-9-17(11-13)10-6-8-14(3,16-4)12(15)18/h16H,5-11H2,1-4H3,(H2,15,18). The number of carbonyl (C=O) groups excluding carboxylic acids is 1. The van der Waals surface area contributed by atoms with E-state index in [0.717, 1.165) is 19.4 Å². The van der Waals surface area contributed by atoms with Crippen LogP contribution in [0.5, 0.6) is 0 Å². The van der Waals surface area contributed by atoms with Crippen molar-refractivity contribution in [1.29, 1.82) is 0 Å². The van der Waals surface area contributed by atoms with Gasteiger partial charge in [-0.2, -0.15) is 0 Å². The van der Waals surface area contributed by atoms with Gasteiger partial charge in [-0.25, -0.2) is 0 Å². The van der Waals surface area contributed by atoms with Gasteiger partial charge in [0.25, 0.3) is 0 Å². The van der Waals surface area contributed by atoms with E-state index in [1.165, 1.54) is 25.9 Å².